The number of methoxy groups -OCH3 is 1. The second kappa shape index (κ2) is 12.3. The third-order valence-electron chi connectivity index (χ3n) is 6.37. The van der Waals surface area contributed by atoms with Crippen molar-refractivity contribution in [3.05, 3.63) is 83.4 Å². The Morgan fingerprint density at radius 3 is 2.18 bits per heavy atom. The van der Waals surface area contributed by atoms with Crippen LogP contribution in [0.15, 0.2) is 77.7 Å². The number of ether oxygens (including phenoxy) is 1. The highest BCUT2D eigenvalue weighted by atomic mass is 35.5. The number of para-hydroxylation sites is 1. The number of nitrogens with one attached hydrogen (secondary N) is 1. The summed E-state index contributed by atoms with van der Waals surface area (Å²) in [6.45, 7) is 0.833. The highest BCUT2D eigenvalue weighted by Gasteiger charge is 2.28. The average Bonchev–Trinajstić information content (AvgIpc) is 3.22. The van der Waals surface area contributed by atoms with E-state index in [-0.39, 0.29) is 16.5 Å². The van der Waals surface area contributed by atoms with Crippen molar-refractivity contribution < 1.29 is 22.7 Å². The maximum Gasteiger partial charge on any atom is 0.264 e. The van der Waals surface area contributed by atoms with Crippen molar-refractivity contribution in [2.24, 2.45) is 0 Å². The molecule has 0 spiro atoms. The first-order valence-corrected chi connectivity index (χ1v) is 14.2. The molecule has 0 bridgehead atoms. The summed E-state index contributed by atoms with van der Waals surface area (Å²) < 4.78 is 33.4. The number of nitrogens with zero attached hydrogens (tertiary/aromatic N) is 2. The van der Waals surface area contributed by atoms with Gasteiger partial charge < -0.3 is 15.0 Å². The van der Waals surface area contributed by atoms with Gasteiger partial charge in [-0.25, -0.2) is 8.42 Å². The Morgan fingerprint density at radius 2 is 1.55 bits per heavy atom. The number of hydrogen-bond donors (Lipinski definition) is 1. The van der Waals surface area contributed by atoms with Gasteiger partial charge in [-0.15, -0.1) is 0 Å². The normalized spacial score (nSPS) is 13.9. The van der Waals surface area contributed by atoms with Gasteiger partial charge in [-0.05, 0) is 73.5 Å². The van der Waals surface area contributed by atoms with Crippen molar-refractivity contribution in [2.75, 3.05) is 36.4 Å². The summed E-state index contributed by atoms with van der Waals surface area (Å²) in [5.41, 5.74) is 0.984. The molecule has 0 saturated carbocycles. The van der Waals surface area contributed by atoms with Crippen molar-refractivity contribution in [1.29, 1.82) is 0 Å². The van der Waals surface area contributed by atoms with E-state index in [1.54, 1.807) is 36.4 Å². The zero-order chi connectivity index (χ0) is 27.1. The van der Waals surface area contributed by atoms with Crippen molar-refractivity contribution in [3.63, 3.8) is 0 Å². The standard InChI is InChI=1S/C28H30ClN3O5S/c1-37-23-14-16-24(17-15-23)38(35,36)32(22-12-10-21(29)11-13-22)20-27(33)30-26-9-5-4-8-25(26)28(34)31-18-6-2-3-7-19-31/h4-5,8-17H,2-3,6-7,18-20H2,1H3,(H,30,33). The van der Waals surface area contributed by atoms with Crippen molar-refractivity contribution in [1.82, 2.24) is 4.90 Å². The fraction of sp³-hybridized carbons (Fsp3) is 0.286. The summed E-state index contributed by atoms with van der Waals surface area (Å²) >= 11 is 6.02. The highest BCUT2D eigenvalue weighted by Crippen LogP contribution is 2.27. The summed E-state index contributed by atoms with van der Waals surface area (Å²) in [6.07, 6.45) is 4.07. The van der Waals surface area contributed by atoms with Gasteiger partial charge in [0.05, 0.1) is 28.9 Å². The Bertz CT molecular complexity index is 1370. The number of carbonyl (C=O) groups is 2. The molecule has 200 valence electrons. The van der Waals surface area contributed by atoms with Gasteiger partial charge in [0.1, 0.15) is 12.3 Å². The van der Waals surface area contributed by atoms with E-state index in [0.717, 1.165) is 30.0 Å². The minimum atomic E-state index is -4.13. The third kappa shape index (κ3) is 6.46. The fourth-order valence-corrected chi connectivity index (χ4v) is 5.89. The van der Waals surface area contributed by atoms with E-state index in [4.69, 9.17) is 16.3 Å². The molecule has 8 nitrogen and oxygen atoms in total. The minimum Gasteiger partial charge on any atom is -0.497 e. The molecule has 1 saturated heterocycles. The molecule has 1 fully saturated rings. The molecular weight excluding hydrogens is 526 g/mol. The topological polar surface area (TPSA) is 96.0 Å². The predicted molar refractivity (Wildman–Crippen MR) is 148 cm³/mol. The predicted octanol–water partition coefficient (Wildman–Crippen LogP) is 5.20. The number of anilines is 2. The minimum absolute atomic E-state index is 0.00204. The SMILES string of the molecule is COc1ccc(S(=O)(=O)N(CC(=O)Nc2ccccc2C(=O)N2CCCCCC2)c2ccc(Cl)cc2)cc1. The number of amides is 2. The van der Waals surface area contributed by atoms with Crippen LogP contribution in [0.2, 0.25) is 5.02 Å². The van der Waals surface area contributed by atoms with Gasteiger partial charge in [-0.3, -0.25) is 13.9 Å². The van der Waals surface area contributed by atoms with Gasteiger partial charge in [0, 0.05) is 18.1 Å². The van der Waals surface area contributed by atoms with E-state index in [1.165, 1.54) is 43.5 Å². The molecule has 2 amide bonds. The molecule has 1 aliphatic rings. The molecular formula is C28H30ClN3O5S. The maximum absolute atomic E-state index is 13.6. The first-order chi connectivity index (χ1) is 18.3. The lowest BCUT2D eigenvalue weighted by Crippen LogP contribution is -2.38. The highest BCUT2D eigenvalue weighted by molar-refractivity contribution is 7.92. The summed E-state index contributed by atoms with van der Waals surface area (Å²) in [5, 5.41) is 3.19. The lowest BCUT2D eigenvalue weighted by atomic mass is 10.1. The molecule has 4 rings (SSSR count). The second-order valence-corrected chi connectivity index (χ2v) is 11.3. The smallest absolute Gasteiger partial charge is 0.264 e. The number of hydrogen-bond acceptors (Lipinski definition) is 5. The van der Waals surface area contributed by atoms with Crippen LogP contribution in [0.4, 0.5) is 11.4 Å². The lowest BCUT2D eigenvalue weighted by molar-refractivity contribution is -0.114. The van der Waals surface area contributed by atoms with Crippen LogP contribution >= 0.6 is 11.6 Å². The second-order valence-electron chi connectivity index (χ2n) is 8.96. The first kappa shape index (κ1) is 27.5. The third-order valence-corrected chi connectivity index (χ3v) is 8.41. The summed E-state index contributed by atoms with van der Waals surface area (Å²) in [7, 11) is -2.64. The maximum atomic E-state index is 13.6. The number of rotatable bonds is 8. The monoisotopic (exact) mass is 555 g/mol. The fourth-order valence-electron chi connectivity index (χ4n) is 4.34. The number of sulfonamides is 1. The molecule has 0 unspecified atom stereocenters. The lowest BCUT2D eigenvalue weighted by Gasteiger charge is -2.25. The van der Waals surface area contributed by atoms with Crippen LogP contribution in [0.5, 0.6) is 5.75 Å². The Labute approximate surface area is 228 Å². The van der Waals surface area contributed by atoms with E-state index in [0.29, 0.717) is 35.1 Å². The van der Waals surface area contributed by atoms with E-state index in [1.807, 2.05) is 4.90 Å². The summed E-state index contributed by atoms with van der Waals surface area (Å²) in [5.74, 6) is -0.234. The Hall–Kier alpha value is -3.56. The van der Waals surface area contributed by atoms with Gasteiger partial charge in [0.15, 0.2) is 0 Å². The van der Waals surface area contributed by atoms with E-state index >= 15 is 0 Å². The van der Waals surface area contributed by atoms with Crippen LogP contribution in [0.25, 0.3) is 0 Å². The van der Waals surface area contributed by atoms with Crippen LogP contribution in [0, 0.1) is 0 Å². The molecule has 1 heterocycles. The first-order valence-electron chi connectivity index (χ1n) is 12.4. The largest absolute Gasteiger partial charge is 0.497 e. The molecule has 0 atom stereocenters. The van der Waals surface area contributed by atoms with Gasteiger partial charge in [0.2, 0.25) is 5.91 Å². The molecule has 10 heteroatoms. The van der Waals surface area contributed by atoms with Crippen molar-refractivity contribution >= 4 is 44.8 Å². The molecule has 1 N–H and O–H groups in total. The zero-order valence-corrected chi connectivity index (χ0v) is 22.7. The molecule has 0 radical (unpaired) electrons. The zero-order valence-electron chi connectivity index (χ0n) is 21.1. The molecule has 0 aromatic heterocycles. The average molecular weight is 556 g/mol. The molecule has 0 aliphatic carbocycles. The van der Waals surface area contributed by atoms with Crippen LogP contribution in [0.1, 0.15) is 36.0 Å². The Balaban J connectivity index is 1.60. The Kier molecular flexibility index (Phi) is 8.91. The van der Waals surface area contributed by atoms with E-state index in [2.05, 4.69) is 5.32 Å². The Morgan fingerprint density at radius 1 is 0.921 bits per heavy atom. The summed E-state index contributed by atoms with van der Waals surface area (Å²) in [4.78, 5) is 28.3. The van der Waals surface area contributed by atoms with Crippen molar-refractivity contribution in [2.45, 2.75) is 30.6 Å². The van der Waals surface area contributed by atoms with Gasteiger partial charge in [-0.1, -0.05) is 36.6 Å². The van der Waals surface area contributed by atoms with Gasteiger partial charge in [-0.2, -0.15) is 0 Å². The van der Waals surface area contributed by atoms with Gasteiger partial charge in [0.25, 0.3) is 15.9 Å². The number of likely N-dealkylation sites (tertiary alicyclic amines) is 1. The summed E-state index contributed by atoms with van der Waals surface area (Å²) in [6, 6.07) is 18.9. The van der Waals surface area contributed by atoms with Gasteiger partial charge >= 0.3 is 0 Å². The van der Waals surface area contributed by atoms with Crippen LogP contribution in [-0.4, -0.2) is 51.9 Å². The molecule has 38 heavy (non-hydrogen) atoms. The van der Waals surface area contributed by atoms with E-state index < -0.39 is 22.5 Å². The number of carbonyl (C=O) groups excluding carboxylic acids is 2. The molecule has 1 aliphatic heterocycles. The quantitative estimate of drug-likeness (QED) is 0.412. The van der Waals surface area contributed by atoms with Crippen LogP contribution in [-0.2, 0) is 14.8 Å². The van der Waals surface area contributed by atoms with Crippen LogP contribution in [0.3, 0.4) is 0 Å². The van der Waals surface area contributed by atoms with Crippen LogP contribution < -0.4 is 14.4 Å². The molecule has 3 aromatic rings. The van der Waals surface area contributed by atoms with E-state index in [9.17, 15) is 18.0 Å². The molecule has 3 aromatic carbocycles. The number of benzene rings is 3. The van der Waals surface area contributed by atoms with Crippen molar-refractivity contribution in [3.8, 4) is 5.75 Å². The number of halogens is 1.